The molecule has 4 amide bonds. The quantitative estimate of drug-likeness (QED) is 0.255. The number of halogens is 3. The Balaban J connectivity index is 1.42. The Morgan fingerprint density at radius 3 is 2.29 bits per heavy atom. The zero-order chi connectivity index (χ0) is 41.6. The molecule has 2 heterocycles. The topological polar surface area (TPSA) is 192 Å². The third-order valence-corrected chi connectivity index (χ3v) is 11.0. The molecule has 1 aromatic carbocycles. The van der Waals surface area contributed by atoms with Crippen LogP contribution in [0.4, 0.5) is 18.0 Å². The molecular weight excluding hydrogens is 763 g/mol. The fourth-order valence-corrected chi connectivity index (χ4v) is 8.13. The molecule has 19 heteroatoms. The van der Waals surface area contributed by atoms with Crippen molar-refractivity contribution < 1.29 is 59.2 Å². The third kappa shape index (κ3) is 10.1. The number of alkyl halides is 3. The molecule has 1 aromatic heterocycles. The molecular formula is C37H50F3N5O10S. The highest BCUT2D eigenvalue weighted by Crippen LogP contribution is 2.49. The second-order valence-electron chi connectivity index (χ2n) is 16.8. The van der Waals surface area contributed by atoms with Crippen LogP contribution in [-0.4, -0.2) is 96.9 Å². The van der Waals surface area contributed by atoms with Gasteiger partial charge in [-0.2, -0.15) is 21.6 Å². The monoisotopic (exact) mass is 813 g/mol. The summed E-state index contributed by atoms with van der Waals surface area (Å²) in [6.45, 7) is 11.7. The summed E-state index contributed by atoms with van der Waals surface area (Å²) in [5, 5.41) is 6.69. The maximum absolute atomic E-state index is 14.5. The fourth-order valence-electron chi connectivity index (χ4n) is 6.99. The van der Waals surface area contributed by atoms with E-state index in [1.165, 1.54) is 18.2 Å². The summed E-state index contributed by atoms with van der Waals surface area (Å²) in [6.07, 6.45) is -6.45. The standard InChI is InChI=1S/C37H50F3N5O10S/c1-9-22-18-36(22,31(48)44-56(50,51)55-35(13-14-35)20-37(38,39)40)43-28(46)26-17-24(53-29-25-11-10-23(52-8)16-21(25)12-15-41-29)19-45(26)30(47)27(33(2,3)4)42-32(49)54-34(5,6)7/h10-12,15-16,22,24,26-27H,9,13-14,17-20H2,1-8H3,(H,42,49)(H,43,46)(H,44,48)/t22-,24-,26+,27-,36-/m1/s1. The molecule has 2 aromatic rings. The van der Waals surface area contributed by atoms with Crippen molar-refractivity contribution in [3.05, 3.63) is 30.5 Å². The van der Waals surface area contributed by atoms with Gasteiger partial charge in [-0.15, -0.1) is 0 Å². The van der Waals surface area contributed by atoms with Crippen molar-refractivity contribution in [1.82, 2.24) is 25.2 Å². The van der Waals surface area contributed by atoms with Crippen molar-refractivity contribution >= 4 is 44.9 Å². The van der Waals surface area contributed by atoms with Crippen molar-refractivity contribution in [1.29, 1.82) is 0 Å². The van der Waals surface area contributed by atoms with Crippen molar-refractivity contribution in [2.24, 2.45) is 11.3 Å². The van der Waals surface area contributed by atoms with Gasteiger partial charge in [0, 0.05) is 18.0 Å². The van der Waals surface area contributed by atoms with Crippen molar-refractivity contribution in [2.45, 2.75) is 128 Å². The van der Waals surface area contributed by atoms with Crippen LogP contribution in [0.15, 0.2) is 30.5 Å². The highest BCUT2D eigenvalue weighted by atomic mass is 32.2. The number of nitrogens with one attached hydrogen (secondary N) is 3. The first-order valence-electron chi connectivity index (χ1n) is 18.4. The van der Waals surface area contributed by atoms with Gasteiger partial charge in [0.15, 0.2) is 0 Å². The summed E-state index contributed by atoms with van der Waals surface area (Å²) >= 11 is 0. The highest BCUT2D eigenvalue weighted by Gasteiger charge is 2.63. The number of carbonyl (C=O) groups is 4. The number of ether oxygens (including phenoxy) is 3. The minimum absolute atomic E-state index is 0.0130. The Hall–Kier alpha value is -4.39. The number of nitrogens with zero attached hydrogens (tertiary/aromatic N) is 2. The van der Waals surface area contributed by atoms with Gasteiger partial charge >= 0.3 is 22.6 Å². The van der Waals surface area contributed by atoms with Crippen LogP contribution >= 0.6 is 0 Å². The molecule has 15 nitrogen and oxygen atoms in total. The molecule has 0 unspecified atom stereocenters. The predicted octanol–water partition coefficient (Wildman–Crippen LogP) is 4.68. The van der Waals surface area contributed by atoms with Crippen LogP contribution < -0.4 is 24.8 Å². The lowest BCUT2D eigenvalue weighted by molar-refractivity contribution is -0.154. The number of alkyl carbamates (subject to hydrolysis) is 1. The largest absolute Gasteiger partial charge is 0.497 e. The third-order valence-electron chi connectivity index (χ3n) is 10.0. The molecule has 0 radical (unpaired) electrons. The number of hydrogen-bond donors (Lipinski definition) is 3. The van der Waals surface area contributed by atoms with E-state index in [9.17, 15) is 40.8 Å². The van der Waals surface area contributed by atoms with Crippen LogP contribution in [0.25, 0.3) is 10.8 Å². The molecule has 0 bridgehead atoms. The van der Waals surface area contributed by atoms with Gasteiger partial charge in [-0.3, -0.25) is 14.4 Å². The number of amides is 4. The number of fused-ring (bicyclic) bond motifs is 1. The van der Waals surface area contributed by atoms with Crippen molar-refractivity contribution in [2.75, 3.05) is 13.7 Å². The summed E-state index contributed by atoms with van der Waals surface area (Å²) in [4.78, 5) is 61.0. The number of aromatic nitrogens is 1. The molecule has 3 aliphatic rings. The van der Waals surface area contributed by atoms with Gasteiger partial charge in [0.25, 0.3) is 5.91 Å². The molecule has 5 rings (SSSR count). The number of hydrogen-bond acceptors (Lipinski definition) is 11. The first-order chi connectivity index (χ1) is 25.8. The summed E-state index contributed by atoms with van der Waals surface area (Å²) in [6, 6.07) is 4.54. The van der Waals surface area contributed by atoms with E-state index in [0.717, 1.165) is 5.39 Å². The van der Waals surface area contributed by atoms with Gasteiger partial charge in [-0.1, -0.05) is 34.1 Å². The molecule has 2 saturated carbocycles. The van der Waals surface area contributed by atoms with E-state index in [0.29, 0.717) is 17.6 Å². The molecule has 2 aliphatic carbocycles. The van der Waals surface area contributed by atoms with Crippen LogP contribution in [0.5, 0.6) is 11.6 Å². The lowest BCUT2D eigenvalue weighted by Gasteiger charge is -2.36. The van der Waals surface area contributed by atoms with Crippen LogP contribution in [-0.2, 0) is 33.6 Å². The average molecular weight is 814 g/mol. The smallest absolute Gasteiger partial charge is 0.408 e. The van der Waals surface area contributed by atoms with Gasteiger partial charge < -0.3 is 29.7 Å². The number of benzene rings is 1. The minimum Gasteiger partial charge on any atom is -0.497 e. The molecule has 1 aliphatic heterocycles. The lowest BCUT2D eigenvalue weighted by Crippen LogP contribution is -2.60. The summed E-state index contributed by atoms with van der Waals surface area (Å²) in [7, 11) is -3.49. The first-order valence-corrected chi connectivity index (χ1v) is 19.8. The van der Waals surface area contributed by atoms with Gasteiger partial charge in [0.05, 0.1) is 25.7 Å². The Kier molecular flexibility index (Phi) is 11.6. The van der Waals surface area contributed by atoms with Gasteiger partial charge in [0.1, 0.15) is 35.1 Å². The van der Waals surface area contributed by atoms with E-state index in [2.05, 4.69) is 15.6 Å². The zero-order valence-electron chi connectivity index (χ0n) is 32.7. The van der Waals surface area contributed by atoms with Crippen LogP contribution in [0.3, 0.4) is 0 Å². The minimum atomic E-state index is -5.02. The maximum Gasteiger partial charge on any atom is 0.408 e. The van der Waals surface area contributed by atoms with E-state index < -0.39 is 93.0 Å². The van der Waals surface area contributed by atoms with E-state index in [1.807, 2.05) is 0 Å². The van der Waals surface area contributed by atoms with Crippen LogP contribution in [0, 0.1) is 11.3 Å². The molecule has 310 valence electrons. The summed E-state index contributed by atoms with van der Waals surface area (Å²) < 4.78 is 88.7. The molecule has 3 N–H and O–H groups in total. The van der Waals surface area contributed by atoms with E-state index in [1.54, 1.807) is 77.5 Å². The van der Waals surface area contributed by atoms with Crippen LogP contribution in [0.1, 0.15) is 87.0 Å². The number of likely N-dealkylation sites (tertiary alicyclic amines) is 1. The Morgan fingerprint density at radius 2 is 1.73 bits per heavy atom. The molecule has 0 spiro atoms. The highest BCUT2D eigenvalue weighted by molar-refractivity contribution is 7.85. The summed E-state index contributed by atoms with van der Waals surface area (Å²) in [5.41, 5.74) is -5.55. The zero-order valence-corrected chi connectivity index (χ0v) is 33.5. The predicted molar refractivity (Wildman–Crippen MR) is 195 cm³/mol. The second kappa shape index (κ2) is 15.2. The van der Waals surface area contributed by atoms with E-state index in [4.69, 9.17) is 18.4 Å². The number of carbonyl (C=O) groups excluding carboxylic acids is 4. The molecule has 1 saturated heterocycles. The fraction of sp³-hybridized carbons (Fsp3) is 0.649. The molecule has 5 atom stereocenters. The molecule has 3 fully saturated rings. The SMILES string of the molecule is CC[C@@H]1C[C@]1(NC(=O)[C@@H]1C[C@@H](Oc2nccc3cc(OC)ccc23)CN1C(=O)[C@@H](NC(=O)OC(C)(C)C)C(C)(C)C)C(=O)NS(=O)(=O)OC1(CC(F)(F)F)CC1. The van der Waals surface area contributed by atoms with E-state index in [-0.39, 0.29) is 38.1 Å². The Labute approximate surface area is 324 Å². The normalized spacial score (nSPS) is 23.8. The maximum atomic E-state index is 14.5. The van der Waals surface area contributed by atoms with Crippen LogP contribution in [0.2, 0.25) is 0 Å². The number of methoxy groups -OCH3 is 1. The Bertz CT molecular complexity index is 1960. The average Bonchev–Trinajstić information content (AvgIpc) is 3.93. The molecule has 56 heavy (non-hydrogen) atoms. The second-order valence-corrected chi connectivity index (χ2v) is 18.1. The van der Waals surface area contributed by atoms with E-state index >= 15 is 0 Å². The van der Waals surface area contributed by atoms with Gasteiger partial charge in [-0.25, -0.2) is 18.7 Å². The number of rotatable bonds is 13. The van der Waals surface area contributed by atoms with Gasteiger partial charge in [-0.05, 0) is 81.0 Å². The number of pyridine rings is 1. The van der Waals surface area contributed by atoms with Crippen molar-refractivity contribution in [3.63, 3.8) is 0 Å². The van der Waals surface area contributed by atoms with Gasteiger partial charge in [0.2, 0.25) is 17.7 Å². The lowest BCUT2D eigenvalue weighted by atomic mass is 9.85. The first kappa shape index (κ1) is 42.7. The van der Waals surface area contributed by atoms with Crippen molar-refractivity contribution in [3.8, 4) is 11.6 Å². The Morgan fingerprint density at radius 1 is 1.05 bits per heavy atom. The summed E-state index contributed by atoms with van der Waals surface area (Å²) in [5.74, 6) is -2.37.